The number of benzene rings is 1. The van der Waals surface area contributed by atoms with Crippen molar-refractivity contribution in [2.45, 2.75) is 45.2 Å². The van der Waals surface area contributed by atoms with Crippen LogP contribution >= 0.6 is 0 Å². The van der Waals surface area contributed by atoms with Crippen LogP contribution in [0.1, 0.15) is 32.8 Å². The van der Waals surface area contributed by atoms with Crippen LogP contribution in [0.2, 0.25) is 0 Å². The summed E-state index contributed by atoms with van der Waals surface area (Å²) < 4.78 is 5.12. The largest absolute Gasteiger partial charge is 0.497 e. The van der Waals surface area contributed by atoms with Gasteiger partial charge in [-0.2, -0.15) is 0 Å². The second-order valence-electron chi connectivity index (χ2n) is 7.50. The summed E-state index contributed by atoms with van der Waals surface area (Å²) in [4.78, 5) is 49.5. The Labute approximate surface area is 170 Å². The molecule has 1 aromatic carbocycles. The zero-order chi connectivity index (χ0) is 21.6. The SMILES string of the molecule is COc1ccc(CC[C@]2(C)NC(=O)N(CC(=O)NCC(=O)NC(C)C)C2=O)cc1. The van der Waals surface area contributed by atoms with Gasteiger partial charge < -0.3 is 20.7 Å². The van der Waals surface area contributed by atoms with Crippen LogP contribution in [0.4, 0.5) is 4.79 Å². The second kappa shape index (κ2) is 9.40. The Morgan fingerprint density at radius 2 is 1.83 bits per heavy atom. The van der Waals surface area contributed by atoms with Crippen molar-refractivity contribution in [1.82, 2.24) is 20.9 Å². The number of hydrogen-bond donors (Lipinski definition) is 3. The predicted molar refractivity (Wildman–Crippen MR) is 106 cm³/mol. The molecular formula is C20H28N4O5. The number of carbonyl (C=O) groups is 4. The summed E-state index contributed by atoms with van der Waals surface area (Å²) in [5.74, 6) is -0.635. The Kier molecular flexibility index (Phi) is 7.19. The Hall–Kier alpha value is -3.10. The predicted octanol–water partition coefficient (Wildman–Crippen LogP) is 0.579. The van der Waals surface area contributed by atoms with Gasteiger partial charge in [-0.15, -0.1) is 0 Å². The molecule has 29 heavy (non-hydrogen) atoms. The van der Waals surface area contributed by atoms with E-state index in [1.165, 1.54) is 0 Å². The van der Waals surface area contributed by atoms with E-state index in [-0.39, 0.29) is 18.5 Å². The minimum Gasteiger partial charge on any atom is -0.497 e. The van der Waals surface area contributed by atoms with Gasteiger partial charge in [0, 0.05) is 6.04 Å². The number of amides is 5. The summed E-state index contributed by atoms with van der Waals surface area (Å²) in [6, 6.07) is 6.80. The number of methoxy groups -OCH3 is 1. The third-order valence-electron chi connectivity index (χ3n) is 4.62. The molecule has 158 valence electrons. The summed E-state index contributed by atoms with van der Waals surface area (Å²) in [5, 5.41) is 7.73. The van der Waals surface area contributed by atoms with E-state index in [1.807, 2.05) is 24.3 Å². The minimum absolute atomic E-state index is 0.0447. The van der Waals surface area contributed by atoms with Crippen LogP contribution in [-0.2, 0) is 20.8 Å². The zero-order valence-corrected chi connectivity index (χ0v) is 17.2. The molecule has 9 heteroatoms. The second-order valence-corrected chi connectivity index (χ2v) is 7.50. The van der Waals surface area contributed by atoms with Gasteiger partial charge in [-0.25, -0.2) is 4.79 Å². The van der Waals surface area contributed by atoms with E-state index in [4.69, 9.17) is 4.74 Å². The molecule has 0 aromatic heterocycles. The molecule has 9 nitrogen and oxygen atoms in total. The minimum atomic E-state index is -1.09. The highest BCUT2D eigenvalue weighted by atomic mass is 16.5. The van der Waals surface area contributed by atoms with Gasteiger partial charge >= 0.3 is 6.03 Å². The van der Waals surface area contributed by atoms with E-state index in [0.29, 0.717) is 12.8 Å². The number of carbonyl (C=O) groups excluding carboxylic acids is 4. The molecule has 1 fully saturated rings. The van der Waals surface area contributed by atoms with E-state index in [0.717, 1.165) is 16.2 Å². The van der Waals surface area contributed by atoms with Crippen molar-refractivity contribution in [2.75, 3.05) is 20.2 Å². The first-order valence-electron chi connectivity index (χ1n) is 9.47. The van der Waals surface area contributed by atoms with Gasteiger partial charge in [0.1, 0.15) is 17.8 Å². The Bertz CT molecular complexity index is 778. The zero-order valence-electron chi connectivity index (χ0n) is 17.2. The van der Waals surface area contributed by atoms with Crippen LogP contribution in [0, 0.1) is 0 Å². The van der Waals surface area contributed by atoms with Crippen molar-refractivity contribution in [1.29, 1.82) is 0 Å². The number of nitrogens with zero attached hydrogens (tertiary/aromatic N) is 1. The van der Waals surface area contributed by atoms with Gasteiger partial charge in [0.15, 0.2) is 0 Å². The van der Waals surface area contributed by atoms with Gasteiger partial charge in [-0.05, 0) is 51.3 Å². The molecule has 1 aromatic rings. The van der Waals surface area contributed by atoms with Gasteiger partial charge in [-0.1, -0.05) is 12.1 Å². The van der Waals surface area contributed by atoms with Crippen LogP contribution in [0.5, 0.6) is 5.75 Å². The molecule has 3 N–H and O–H groups in total. The van der Waals surface area contributed by atoms with E-state index in [9.17, 15) is 19.2 Å². The molecule has 1 aliphatic rings. The number of imide groups is 1. The molecule has 0 saturated carbocycles. The van der Waals surface area contributed by atoms with Crippen molar-refractivity contribution in [3.05, 3.63) is 29.8 Å². The fraction of sp³-hybridized carbons (Fsp3) is 0.500. The first kappa shape index (κ1) is 22.2. The van der Waals surface area contributed by atoms with Crippen molar-refractivity contribution < 1.29 is 23.9 Å². The summed E-state index contributed by atoms with van der Waals surface area (Å²) in [6.07, 6.45) is 0.959. The Balaban J connectivity index is 1.89. The van der Waals surface area contributed by atoms with Crippen LogP contribution in [-0.4, -0.2) is 60.4 Å². The fourth-order valence-corrected chi connectivity index (χ4v) is 3.00. The highest BCUT2D eigenvalue weighted by Gasteiger charge is 2.47. The van der Waals surface area contributed by atoms with Gasteiger partial charge in [0.25, 0.3) is 5.91 Å². The smallest absolute Gasteiger partial charge is 0.325 e. The summed E-state index contributed by atoms with van der Waals surface area (Å²) in [7, 11) is 1.59. The summed E-state index contributed by atoms with van der Waals surface area (Å²) in [5.41, 5.74) is -0.0896. The molecule has 1 heterocycles. The molecule has 0 aliphatic carbocycles. The third-order valence-corrected chi connectivity index (χ3v) is 4.62. The standard InChI is InChI=1S/C20H28N4O5/c1-13(2)22-16(25)11-21-17(26)12-24-18(27)20(3,23-19(24)28)10-9-14-5-7-15(29-4)8-6-14/h5-8,13H,9-12H2,1-4H3,(H,21,26)(H,22,25)(H,23,28)/t20-/m0/s1. The molecule has 5 amide bonds. The normalized spacial score (nSPS) is 18.6. The number of urea groups is 1. The maximum absolute atomic E-state index is 12.7. The number of nitrogens with one attached hydrogen (secondary N) is 3. The topological polar surface area (TPSA) is 117 Å². The molecule has 0 radical (unpaired) electrons. The molecule has 1 aliphatic heterocycles. The lowest BCUT2D eigenvalue weighted by atomic mass is 9.93. The van der Waals surface area contributed by atoms with E-state index >= 15 is 0 Å². The lowest BCUT2D eigenvalue weighted by Crippen LogP contribution is -2.46. The maximum Gasteiger partial charge on any atom is 0.325 e. The molecule has 2 rings (SSSR count). The van der Waals surface area contributed by atoms with Crippen molar-refractivity contribution in [2.24, 2.45) is 0 Å². The van der Waals surface area contributed by atoms with Crippen LogP contribution < -0.4 is 20.7 Å². The maximum atomic E-state index is 12.7. The Morgan fingerprint density at radius 3 is 2.41 bits per heavy atom. The van der Waals surface area contributed by atoms with E-state index in [2.05, 4.69) is 16.0 Å². The Morgan fingerprint density at radius 1 is 1.17 bits per heavy atom. The van der Waals surface area contributed by atoms with Crippen molar-refractivity contribution in [3.8, 4) is 5.75 Å². The van der Waals surface area contributed by atoms with Crippen LogP contribution in [0.25, 0.3) is 0 Å². The molecular weight excluding hydrogens is 376 g/mol. The van der Waals surface area contributed by atoms with Gasteiger partial charge in [0.05, 0.1) is 13.7 Å². The highest BCUT2D eigenvalue weighted by Crippen LogP contribution is 2.23. The molecule has 0 spiro atoms. The van der Waals surface area contributed by atoms with Crippen molar-refractivity contribution >= 4 is 23.8 Å². The fourth-order valence-electron chi connectivity index (χ4n) is 3.00. The van der Waals surface area contributed by atoms with Gasteiger partial charge in [0.2, 0.25) is 11.8 Å². The van der Waals surface area contributed by atoms with Gasteiger partial charge in [-0.3, -0.25) is 19.3 Å². The number of hydrogen-bond acceptors (Lipinski definition) is 5. The van der Waals surface area contributed by atoms with E-state index < -0.39 is 29.9 Å². The number of aryl methyl sites for hydroxylation is 1. The quantitative estimate of drug-likeness (QED) is 0.521. The molecule has 1 atom stereocenters. The summed E-state index contributed by atoms with van der Waals surface area (Å²) >= 11 is 0. The molecule has 0 bridgehead atoms. The number of rotatable bonds is 9. The monoisotopic (exact) mass is 404 g/mol. The number of ether oxygens (including phenoxy) is 1. The molecule has 1 saturated heterocycles. The average Bonchev–Trinajstić information content (AvgIpc) is 2.88. The van der Waals surface area contributed by atoms with Crippen LogP contribution in [0.3, 0.4) is 0 Å². The average molecular weight is 404 g/mol. The highest BCUT2D eigenvalue weighted by molar-refractivity contribution is 6.08. The van der Waals surface area contributed by atoms with Crippen molar-refractivity contribution in [3.63, 3.8) is 0 Å². The van der Waals surface area contributed by atoms with Crippen LogP contribution in [0.15, 0.2) is 24.3 Å². The first-order valence-corrected chi connectivity index (χ1v) is 9.47. The molecule has 0 unspecified atom stereocenters. The summed E-state index contributed by atoms with van der Waals surface area (Å²) in [6.45, 7) is 4.61. The first-order chi connectivity index (χ1) is 13.6. The third kappa shape index (κ3) is 5.94. The van der Waals surface area contributed by atoms with E-state index in [1.54, 1.807) is 27.9 Å². The lowest BCUT2D eigenvalue weighted by Gasteiger charge is -2.21. The lowest BCUT2D eigenvalue weighted by molar-refractivity contribution is -0.135.